The predicted octanol–water partition coefficient (Wildman–Crippen LogP) is 2.35. The molecule has 0 aliphatic carbocycles. The number of pyridine rings is 1. The van der Waals surface area contributed by atoms with E-state index in [1.54, 1.807) is 6.20 Å². The van der Waals surface area contributed by atoms with Crippen LogP contribution in [0.25, 0.3) is 0 Å². The van der Waals surface area contributed by atoms with Gasteiger partial charge in [0, 0.05) is 29.8 Å². The number of likely N-dealkylation sites (tertiary alicyclic amines) is 1. The van der Waals surface area contributed by atoms with Gasteiger partial charge in [-0.25, -0.2) is 0 Å². The third kappa shape index (κ3) is 2.92. The fourth-order valence-electron chi connectivity index (χ4n) is 1.96. The van der Waals surface area contributed by atoms with Crippen molar-refractivity contribution in [3.63, 3.8) is 0 Å². The van der Waals surface area contributed by atoms with Crippen molar-refractivity contribution in [2.75, 3.05) is 25.0 Å². The Morgan fingerprint density at radius 2 is 2.47 bits per heavy atom. The highest BCUT2D eigenvalue weighted by molar-refractivity contribution is 9.10. The molecule has 1 aliphatic heterocycles. The van der Waals surface area contributed by atoms with Crippen LogP contribution in [0.3, 0.4) is 0 Å². The highest BCUT2D eigenvalue weighted by Gasteiger charge is 2.20. The largest absolute Gasteiger partial charge is 0.380 e. The molecule has 1 fully saturated rings. The Morgan fingerprint density at radius 3 is 3.13 bits per heavy atom. The van der Waals surface area contributed by atoms with Crippen LogP contribution in [-0.2, 0) is 0 Å². The first-order valence-electron chi connectivity index (χ1n) is 5.37. The number of aromatic nitrogens is 1. The first-order valence-corrected chi connectivity index (χ1v) is 6.16. The van der Waals surface area contributed by atoms with Crippen molar-refractivity contribution in [3.8, 4) is 0 Å². The van der Waals surface area contributed by atoms with Gasteiger partial charge in [0.15, 0.2) is 0 Å². The van der Waals surface area contributed by atoms with E-state index >= 15 is 0 Å². The van der Waals surface area contributed by atoms with Crippen LogP contribution < -0.4 is 5.32 Å². The molecule has 0 bridgehead atoms. The summed E-state index contributed by atoms with van der Waals surface area (Å²) in [6, 6.07) is 2.64. The summed E-state index contributed by atoms with van der Waals surface area (Å²) in [7, 11) is 0. The SMILES string of the molecule is CCN1CCC(Nc2cncc(Br)c2)C1. The Balaban J connectivity index is 1.92. The highest BCUT2D eigenvalue weighted by Crippen LogP contribution is 2.18. The Labute approximate surface area is 99.0 Å². The van der Waals surface area contributed by atoms with Gasteiger partial charge in [0.05, 0.1) is 11.9 Å². The topological polar surface area (TPSA) is 28.2 Å². The van der Waals surface area contributed by atoms with E-state index in [9.17, 15) is 0 Å². The molecule has 1 aromatic heterocycles. The molecule has 2 rings (SSSR count). The van der Waals surface area contributed by atoms with Gasteiger partial charge in [0.1, 0.15) is 0 Å². The van der Waals surface area contributed by atoms with E-state index in [1.807, 2.05) is 6.20 Å². The zero-order chi connectivity index (χ0) is 10.7. The van der Waals surface area contributed by atoms with Crippen molar-refractivity contribution >= 4 is 21.6 Å². The second-order valence-electron chi connectivity index (χ2n) is 3.91. The molecule has 0 saturated carbocycles. The van der Waals surface area contributed by atoms with Gasteiger partial charge in [0.25, 0.3) is 0 Å². The second kappa shape index (κ2) is 4.94. The van der Waals surface area contributed by atoms with Gasteiger partial charge in [-0.15, -0.1) is 0 Å². The van der Waals surface area contributed by atoms with Crippen LogP contribution in [0.4, 0.5) is 5.69 Å². The minimum Gasteiger partial charge on any atom is -0.380 e. The first kappa shape index (κ1) is 10.9. The van der Waals surface area contributed by atoms with Crippen molar-refractivity contribution in [2.24, 2.45) is 0 Å². The first-order chi connectivity index (χ1) is 7.28. The van der Waals surface area contributed by atoms with Gasteiger partial charge in [-0.05, 0) is 35.0 Å². The zero-order valence-electron chi connectivity index (χ0n) is 8.91. The molecule has 0 spiro atoms. The summed E-state index contributed by atoms with van der Waals surface area (Å²) in [6.07, 6.45) is 4.90. The van der Waals surface area contributed by atoms with E-state index < -0.39 is 0 Å². The molecule has 3 nitrogen and oxygen atoms in total. The van der Waals surface area contributed by atoms with E-state index in [1.165, 1.54) is 13.0 Å². The van der Waals surface area contributed by atoms with Crippen LogP contribution in [0.2, 0.25) is 0 Å². The third-order valence-corrected chi connectivity index (χ3v) is 3.23. The normalized spacial score (nSPS) is 21.9. The standard InChI is InChI=1S/C11H16BrN3/c1-2-15-4-3-10(8-15)14-11-5-9(12)6-13-7-11/h5-7,10,14H,2-4,8H2,1H3. The molecule has 0 aromatic carbocycles. The van der Waals surface area contributed by atoms with Crippen molar-refractivity contribution in [3.05, 3.63) is 22.9 Å². The monoisotopic (exact) mass is 269 g/mol. The molecule has 2 heterocycles. The fraction of sp³-hybridized carbons (Fsp3) is 0.545. The quantitative estimate of drug-likeness (QED) is 0.913. The van der Waals surface area contributed by atoms with E-state index in [-0.39, 0.29) is 0 Å². The number of hydrogen-bond donors (Lipinski definition) is 1. The van der Waals surface area contributed by atoms with Crippen LogP contribution in [0.15, 0.2) is 22.9 Å². The molecule has 1 atom stereocenters. The molecule has 1 unspecified atom stereocenters. The highest BCUT2D eigenvalue weighted by atomic mass is 79.9. The maximum atomic E-state index is 4.14. The predicted molar refractivity (Wildman–Crippen MR) is 66.1 cm³/mol. The molecule has 1 saturated heterocycles. The smallest absolute Gasteiger partial charge is 0.0540 e. The number of hydrogen-bond acceptors (Lipinski definition) is 3. The fourth-order valence-corrected chi connectivity index (χ4v) is 2.33. The molecular weight excluding hydrogens is 254 g/mol. The minimum absolute atomic E-state index is 0.570. The van der Waals surface area contributed by atoms with Crippen molar-refractivity contribution in [2.45, 2.75) is 19.4 Å². The second-order valence-corrected chi connectivity index (χ2v) is 4.83. The van der Waals surface area contributed by atoms with Crippen LogP contribution in [0.5, 0.6) is 0 Å². The van der Waals surface area contributed by atoms with Gasteiger partial charge < -0.3 is 10.2 Å². The van der Waals surface area contributed by atoms with Crippen LogP contribution >= 0.6 is 15.9 Å². The summed E-state index contributed by atoms with van der Waals surface area (Å²) in [5.41, 5.74) is 1.10. The number of anilines is 1. The molecule has 15 heavy (non-hydrogen) atoms. The van der Waals surface area contributed by atoms with E-state index in [2.05, 4.69) is 44.1 Å². The summed E-state index contributed by atoms with van der Waals surface area (Å²) >= 11 is 3.42. The van der Waals surface area contributed by atoms with Crippen LogP contribution in [-0.4, -0.2) is 35.6 Å². The lowest BCUT2D eigenvalue weighted by Crippen LogP contribution is -2.25. The molecule has 82 valence electrons. The molecule has 1 aliphatic rings. The lowest BCUT2D eigenvalue weighted by molar-refractivity contribution is 0.356. The summed E-state index contributed by atoms with van der Waals surface area (Å²) in [4.78, 5) is 6.60. The number of halogens is 1. The Hall–Kier alpha value is -0.610. The Kier molecular flexibility index (Phi) is 3.59. The van der Waals surface area contributed by atoms with E-state index in [4.69, 9.17) is 0 Å². The molecule has 1 N–H and O–H groups in total. The van der Waals surface area contributed by atoms with Gasteiger partial charge in [0.2, 0.25) is 0 Å². The van der Waals surface area contributed by atoms with Crippen LogP contribution in [0, 0.1) is 0 Å². The molecule has 4 heteroatoms. The summed E-state index contributed by atoms with van der Waals surface area (Å²) < 4.78 is 1.03. The Morgan fingerprint density at radius 1 is 1.60 bits per heavy atom. The summed E-state index contributed by atoms with van der Waals surface area (Å²) in [5.74, 6) is 0. The summed E-state index contributed by atoms with van der Waals surface area (Å²) in [6.45, 7) is 5.70. The van der Waals surface area contributed by atoms with Gasteiger partial charge in [-0.2, -0.15) is 0 Å². The average Bonchev–Trinajstić information content (AvgIpc) is 2.65. The molecule has 0 radical (unpaired) electrons. The minimum atomic E-state index is 0.570. The third-order valence-electron chi connectivity index (χ3n) is 2.80. The van der Waals surface area contributed by atoms with Crippen molar-refractivity contribution in [1.82, 2.24) is 9.88 Å². The van der Waals surface area contributed by atoms with E-state index in [0.29, 0.717) is 6.04 Å². The molecule has 1 aromatic rings. The number of rotatable bonds is 3. The Bertz CT molecular complexity index is 329. The lowest BCUT2D eigenvalue weighted by Gasteiger charge is -2.15. The lowest BCUT2D eigenvalue weighted by atomic mass is 10.2. The number of nitrogens with one attached hydrogen (secondary N) is 1. The molecular formula is C11H16BrN3. The van der Waals surface area contributed by atoms with Crippen molar-refractivity contribution in [1.29, 1.82) is 0 Å². The maximum Gasteiger partial charge on any atom is 0.0540 e. The van der Waals surface area contributed by atoms with Gasteiger partial charge in [-0.3, -0.25) is 4.98 Å². The van der Waals surface area contributed by atoms with Crippen molar-refractivity contribution < 1.29 is 0 Å². The van der Waals surface area contributed by atoms with Crippen LogP contribution in [0.1, 0.15) is 13.3 Å². The van der Waals surface area contributed by atoms with E-state index in [0.717, 1.165) is 23.2 Å². The number of likely N-dealkylation sites (N-methyl/N-ethyl adjacent to an activating group) is 1. The molecule has 0 amide bonds. The maximum absolute atomic E-state index is 4.14. The average molecular weight is 270 g/mol. The van der Waals surface area contributed by atoms with Gasteiger partial charge >= 0.3 is 0 Å². The van der Waals surface area contributed by atoms with Gasteiger partial charge in [-0.1, -0.05) is 6.92 Å². The number of nitrogens with zero attached hydrogens (tertiary/aromatic N) is 2. The summed E-state index contributed by atoms with van der Waals surface area (Å²) in [5, 5.41) is 3.51. The zero-order valence-corrected chi connectivity index (χ0v) is 10.5.